The first-order valence-electron chi connectivity index (χ1n) is 9.15. The van der Waals surface area contributed by atoms with E-state index in [4.69, 9.17) is 21.1 Å². The highest BCUT2D eigenvalue weighted by Crippen LogP contribution is 2.37. The zero-order valence-electron chi connectivity index (χ0n) is 16.0. The molecule has 0 amide bonds. The monoisotopic (exact) mass is 443 g/mol. The standard InChI is InChI=1S/C21H18ClN3O4S/c1-12-8-19(25-21(23-12)30-11-13-4-2-3-5-15(13)22)24-16-10-18-17(28-6-7-29-18)9-14(16)20(26)27/h2-5,8-10H,6-7,11H2,1H3,(H,26,27)(H,23,24,25). The Labute approximate surface area is 182 Å². The molecule has 0 saturated heterocycles. The van der Waals surface area contributed by atoms with Gasteiger partial charge in [0.2, 0.25) is 0 Å². The van der Waals surface area contributed by atoms with Crippen molar-refractivity contribution in [3.05, 3.63) is 64.3 Å². The van der Waals surface area contributed by atoms with Crippen molar-refractivity contribution in [2.24, 2.45) is 0 Å². The third-order valence-electron chi connectivity index (χ3n) is 4.32. The molecular formula is C21H18ClN3O4S. The number of nitrogens with zero attached hydrogens (tertiary/aromatic N) is 2. The molecule has 4 rings (SSSR count). The number of hydrogen-bond donors (Lipinski definition) is 2. The van der Waals surface area contributed by atoms with E-state index in [1.807, 2.05) is 31.2 Å². The number of thioether (sulfide) groups is 1. The third kappa shape index (κ3) is 4.60. The predicted octanol–water partition coefficient (Wildman–Crippen LogP) is 4.94. The number of aryl methyl sites for hydroxylation is 1. The number of fused-ring (bicyclic) bond motifs is 1. The number of nitrogens with one attached hydrogen (secondary N) is 1. The fraction of sp³-hybridized carbons (Fsp3) is 0.190. The van der Waals surface area contributed by atoms with Crippen molar-refractivity contribution in [3.8, 4) is 11.5 Å². The Bertz CT molecular complexity index is 1110. The molecule has 0 atom stereocenters. The van der Waals surface area contributed by atoms with Crippen LogP contribution in [0.2, 0.25) is 5.02 Å². The number of ether oxygens (including phenoxy) is 2. The van der Waals surface area contributed by atoms with Crippen LogP contribution >= 0.6 is 23.4 Å². The van der Waals surface area contributed by atoms with Crippen LogP contribution in [0.1, 0.15) is 21.6 Å². The first kappa shape index (κ1) is 20.3. The van der Waals surface area contributed by atoms with Gasteiger partial charge in [0, 0.05) is 34.7 Å². The number of aromatic carboxylic acids is 1. The van der Waals surface area contributed by atoms with Crippen molar-refractivity contribution < 1.29 is 19.4 Å². The molecule has 2 N–H and O–H groups in total. The van der Waals surface area contributed by atoms with Crippen molar-refractivity contribution in [3.63, 3.8) is 0 Å². The first-order chi connectivity index (χ1) is 14.5. The van der Waals surface area contributed by atoms with Gasteiger partial charge in [-0.15, -0.1) is 0 Å². The molecule has 1 aromatic heterocycles. The van der Waals surface area contributed by atoms with Crippen molar-refractivity contribution >= 4 is 40.8 Å². The highest BCUT2D eigenvalue weighted by Gasteiger charge is 2.20. The molecule has 154 valence electrons. The smallest absolute Gasteiger partial charge is 0.337 e. The zero-order chi connectivity index (χ0) is 21.1. The number of aromatic nitrogens is 2. The second-order valence-electron chi connectivity index (χ2n) is 6.53. The molecule has 0 radical (unpaired) electrons. The number of carbonyl (C=O) groups is 1. The second kappa shape index (κ2) is 8.81. The molecule has 0 spiro atoms. The van der Waals surface area contributed by atoms with Gasteiger partial charge in [0.1, 0.15) is 19.0 Å². The first-order valence-corrected chi connectivity index (χ1v) is 10.5. The maximum absolute atomic E-state index is 11.7. The molecule has 2 aromatic carbocycles. The molecular weight excluding hydrogens is 426 g/mol. The Balaban J connectivity index is 1.59. The van der Waals surface area contributed by atoms with Crippen LogP contribution in [0.15, 0.2) is 47.6 Å². The van der Waals surface area contributed by atoms with Crippen molar-refractivity contribution in [1.29, 1.82) is 0 Å². The van der Waals surface area contributed by atoms with Crippen LogP contribution in [0.5, 0.6) is 11.5 Å². The lowest BCUT2D eigenvalue weighted by molar-refractivity contribution is 0.0697. The van der Waals surface area contributed by atoms with E-state index in [9.17, 15) is 9.90 Å². The van der Waals surface area contributed by atoms with Gasteiger partial charge in [-0.25, -0.2) is 14.8 Å². The Morgan fingerprint density at radius 2 is 1.90 bits per heavy atom. The van der Waals surface area contributed by atoms with Crippen molar-refractivity contribution in [2.45, 2.75) is 17.8 Å². The number of anilines is 2. The van der Waals surface area contributed by atoms with Crippen LogP contribution in [0.25, 0.3) is 0 Å². The van der Waals surface area contributed by atoms with Gasteiger partial charge in [-0.1, -0.05) is 41.6 Å². The third-order valence-corrected chi connectivity index (χ3v) is 5.59. The normalized spacial score (nSPS) is 12.5. The average molecular weight is 444 g/mol. The van der Waals surface area contributed by atoms with Crippen LogP contribution in [0, 0.1) is 6.92 Å². The molecule has 3 aromatic rings. The Morgan fingerprint density at radius 1 is 1.17 bits per heavy atom. The predicted molar refractivity (Wildman–Crippen MR) is 115 cm³/mol. The van der Waals surface area contributed by atoms with Crippen LogP contribution < -0.4 is 14.8 Å². The second-order valence-corrected chi connectivity index (χ2v) is 7.88. The molecule has 2 heterocycles. The van der Waals surface area contributed by atoms with Gasteiger partial charge in [0.25, 0.3) is 0 Å². The minimum absolute atomic E-state index is 0.0702. The fourth-order valence-corrected chi connectivity index (χ4v) is 4.12. The summed E-state index contributed by atoms with van der Waals surface area (Å²) in [6.07, 6.45) is 0. The summed E-state index contributed by atoms with van der Waals surface area (Å²) in [6.45, 7) is 2.65. The lowest BCUT2D eigenvalue weighted by Crippen LogP contribution is -2.16. The van der Waals surface area contributed by atoms with Gasteiger partial charge in [0.15, 0.2) is 16.7 Å². The lowest BCUT2D eigenvalue weighted by Gasteiger charge is -2.20. The van der Waals surface area contributed by atoms with Gasteiger partial charge in [-0.3, -0.25) is 0 Å². The minimum Gasteiger partial charge on any atom is -0.486 e. The van der Waals surface area contributed by atoms with E-state index in [1.54, 1.807) is 12.1 Å². The summed E-state index contributed by atoms with van der Waals surface area (Å²) in [5, 5.41) is 13.9. The maximum Gasteiger partial charge on any atom is 0.337 e. The number of benzene rings is 2. The van der Waals surface area contributed by atoms with Crippen molar-refractivity contribution in [1.82, 2.24) is 9.97 Å². The van der Waals surface area contributed by atoms with E-state index in [-0.39, 0.29) is 5.56 Å². The lowest BCUT2D eigenvalue weighted by atomic mass is 10.1. The molecule has 1 aliphatic rings. The van der Waals surface area contributed by atoms with E-state index >= 15 is 0 Å². The summed E-state index contributed by atoms with van der Waals surface area (Å²) in [6, 6.07) is 12.4. The van der Waals surface area contributed by atoms with Crippen molar-refractivity contribution in [2.75, 3.05) is 18.5 Å². The Morgan fingerprint density at radius 3 is 2.63 bits per heavy atom. The van der Waals surface area contributed by atoms with E-state index in [0.29, 0.717) is 52.1 Å². The zero-order valence-corrected chi connectivity index (χ0v) is 17.6. The van der Waals surface area contributed by atoms with E-state index in [2.05, 4.69) is 15.3 Å². The molecule has 0 unspecified atom stereocenters. The highest BCUT2D eigenvalue weighted by atomic mass is 35.5. The molecule has 1 aliphatic heterocycles. The topological polar surface area (TPSA) is 93.6 Å². The van der Waals surface area contributed by atoms with Crippen LogP contribution in [0.3, 0.4) is 0 Å². The van der Waals surface area contributed by atoms with Gasteiger partial charge in [-0.2, -0.15) is 0 Å². The average Bonchev–Trinajstić information content (AvgIpc) is 2.72. The van der Waals surface area contributed by atoms with E-state index < -0.39 is 5.97 Å². The van der Waals surface area contributed by atoms with E-state index in [1.165, 1.54) is 17.8 Å². The molecule has 0 fully saturated rings. The molecule has 0 bridgehead atoms. The number of carboxylic acids is 1. The molecule has 30 heavy (non-hydrogen) atoms. The molecule has 9 heteroatoms. The van der Waals surface area contributed by atoms with Crippen LogP contribution in [0.4, 0.5) is 11.5 Å². The van der Waals surface area contributed by atoms with Gasteiger partial charge in [-0.05, 0) is 18.6 Å². The Hall–Kier alpha value is -2.97. The van der Waals surface area contributed by atoms with Crippen LogP contribution in [-0.4, -0.2) is 34.3 Å². The van der Waals surface area contributed by atoms with Gasteiger partial charge < -0.3 is 19.9 Å². The molecule has 0 saturated carbocycles. The fourth-order valence-electron chi connectivity index (χ4n) is 2.93. The SMILES string of the molecule is Cc1cc(Nc2cc3c(cc2C(=O)O)OCCO3)nc(SCc2ccccc2Cl)n1. The number of carboxylic acid groups (broad SMARTS) is 1. The highest BCUT2D eigenvalue weighted by molar-refractivity contribution is 7.98. The number of hydrogen-bond acceptors (Lipinski definition) is 7. The summed E-state index contributed by atoms with van der Waals surface area (Å²) in [5.74, 6) is 0.941. The Kier molecular flexibility index (Phi) is 5.96. The largest absolute Gasteiger partial charge is 0.486 e. The maximum atomic E-state index is 11.7. The quantitative estimate of drug-likeness (QED) is 0.408. The summed E-state index contributed by atoms with van der Waals surface area (Å²) in [7, 11) is 0. The summed E-state index contributed by atoms with van der Waals surface area (Å²) in [4.78, 5) is 20.7. The van der Waals surface area contributed by atoms with Gasteiger partial charge in [0.05, 0.1) is 11.3 Å². The molecule has 7 nitrogen and oxygen atoms in total. The van der Waals surface area contributed by atoms with Crippen LogP contribution in [-0.2, 0) is 5.75 Å². The number of halogens is 1. The summed E-state index contributed by atoms with van der Waals surface area (Å²) >= 11 is 7.67. The minimum atomic E-state index is -1.08. The van der Waals surface area contributed by atoms with Gasteiger partial charge >= 0.3 is 5.97 Å². The number of rotatable bonds is 6. The summed E-state index contributed by atoms with van der Waals surface area (Å²) < 4.78 is 11.1. The molecule has 0 aliphatic carbocycles. The van der Waals surface area contributed by atoms with E-state index in [0.717, 1.165) is 11.3 Å². The summed E-state index contributed by atoms with van der Waals surface area (Å²) in [5.41, 5.74) is 2.18.